The molecule has 0 saturated carbocycles. The predicted octanol–water partition coefficient (Wildman–Crippen LogP) is 3.90. The van der Waals surface area contributed by atoms with E-state index in [1.807, 2.05) is 42.8 Å². The van der Waals surface area contributed by atoms with Crippen molar-refractivity contribution < 1.29 is 3.63 Å². The fourth-order valence-corrected chi connectivity index (χ4v) is 1.17. The smallest absolute Gasteiger partial charge is 0.0405 e. The van der Waals surface area contributed by atoms with E-state index in [-0.39, 0.29) is 0 Å². The highest BCUT2D eigenvalue weighted by molar-refractivity contribution is 8.07. The van der Waals surface area contributed by atoms with E-state index in [1.165, 1.54) is 24.1 Å². The van der Waals surface area contributed by atoms with Crippen LogP contribution >= 0.6 is 35.7 Å². The van der Waals surface area contributed by atoms with Crippen LogP contribution in [0.25, 0.3) is 0 Å². The zero-order chi connectivity index (χ0) is 9.23. The molecule has 1 aromatic carbocycles. The number of halogens is 1. The highest BCUT2D eigenvalue weighted by Gasteiger charge is 1.74. The predicted molar refractivity (Wildman–Crippen MR) is 59.6 cm³/mol. The maximum Gasteiger partial charge on any atom is 0.0405 e. The molecule has 1 rings (SSSR count). The molecule has 12 heavy (non-hydrogen) atoms. The number of rotatable bonds is 2. The molecule has 0 fully saturated rings. The van der Waals surface area contributed by atoms with Crippen LogP contribution in [0.3, 0.4) is 0 Å². The van der Waals surface area contributed by atoms with Crippen molar-refractivity contribution in [1.82, 2.24) is 0 Å². The Labute approximate surface area is 87.2 Å². The van der Waals surface area contributed by atoms with Crippen molar-refractivity contribution in [2.24, 2.45) is 0 Å². The van der Waals surface area contributed by atoms with Crippen LogP contribution in [0.2, 0.25) is 5.02 Å². The highest BCUT2D eigenvalue weighted by Crippen LogP contribution is 2.05. The quantitative estimate of drug-likeness (QED) is 0.703. The number of hydrogen-bond donors (Lipinski definition) is 0. The molecule has 1 aromatic rings. The molecular formula is C8H11ClOS2. The van der Waals surface area contributed by atoms with E-state index < -0.39 is 0 Å². The van der Waals surface area contributed by atoms with E-state index in [4.69, 9.17) is 11.6 Å². The van der Waals surface area contributed by atoms with Crippen molar-refractivity contribution in [1.29, 1.82) is 0 Å². The zero-order valence-corrected chi connectivity index (χ0v) is 9.38. The van der Waals surface area contributed by atoms with Gasteiger partial charge in [0.2, 0.25) is 0 Å². The van der Waals surface area contributed by atoms with Gasteiger partial charge in [0.15, 0.2) is 0 Å². The van der Waals surface area contributed by atoms with Gasteiger partial charge in [-0.25, -0.2) is 3.63 Å². The summed E-state index contributed by atoms with van der Waals surface area (Å²) in [6, 6.07) is 9.44. The lowest BCUT2D eigenvalue weighted by atomic mass is 10.4. The van der Waals surface area contributed by atoms with E-state index >= 15 is 0 Å². The fourth-order valence-electron chi connectivity index (χ4n) is 0.483. The average Bonchev–Trinajstić information content (AvgIpc) is 2.08. The van der Waals surface area contributed by atoms with E-state index in [2.05, 4.69) is 3.63 Å². The Hall–Kier alpha value is 0.170. The molecule has 0 aliphatic heterocycles. The van der Waals surface area contributed by atoms with Crippen LogP contribution in [-0.4, -0.2) is 12.5 Å². The molecule has 0 unspecified atom stereocenters. The second kappa shape index (κ2) is 9.26. The summed E-state index contributed by atoms with van der Waals surface area (Å²) < 4.78 is 4.67. The van der Waals surface area contributed by atoms with E-state index in [1.54, 1.807) is 0 Å². The molecule has 0 aromatic heterocycles. The van der Waals surface area contributed by atoms with Gasteiger partial charge >= 0.3 is 0 Å². The third-order valence-corrected chi connectivity index (χ3v) is 2.21. The monoisotopic (exact) mass is 222 g/mol. The van der Waals surface area contributed by atoms with Crippen LogP contribution in [0, 0.1) is 0 Å². The topological polar surface area (TPSA) is 9.23 Å². The first kappa shape index (κ1) is 12.2. The van der Waals surface area contributed by atoms with Gasteiger partial charge < -0.3 is 0 Å². The molecule has 68 valence electrons. The molecule has 0 aliphatic rings. The summed E-state index contributed by atoms with van der Waals surface area (Å²) in [4.78, 5) is 0. The summed E-state index contributed by atoms with van der Waals surface area (Å²) in [6.45, 7) is 0. The van der Waals surface area contributed by atoms with E-state index in [0.717, 1.165) is 5.02 Å². The van der Waals surface area contributed by atoms with Crippen LogP contribution in [0.15, 0.2) is 30.3 Å². The SMILES string of the molecule is CSOSC.Clc1ccccc1. The van der Waals surface area contributed by atoms with E-state index in [9.17, 15) is 0 Å². The summed E-state index contributed by atoms with van der Waals surface area (Å²) in [5, 5.41) is 0.794. The van der Waals surface area contributed by atoms with Gasteiger partial charge in [0.1, 0.15) is 0 Å². The Morgan fingerprint density at radius 3 is 1.75 bits per heavy atom. The molecule has 0 bridgehead atoms. The van der Waals surface area contributed by atoms with Crippen molar-refractivity contribution in [3.8, 4) is 0 Å². The normalized spacial score (nSPS) is 8.58. The van der Waals surface area contributed by atoms with Crippen LogP contribution in [-0.2, 0) is 3.63 Å². The van der Waals surface area contributed by atoms with Gasteiger partial charge in [0, 0.05) is 41.6 Å². The fraction of sp³-hybridized carbons (Fsp3) is 0.250. The van der Waals surface area contributed by atoms with Gasteiger partial charge in [-0.1, -0.05) is 29.8 Å². The van der Waals surface area contributed by atoms with Crippen LogP contribution in [0.5, 0.6) is 0 Å². The molecule has 0 N–H and O–H groups in total. The number of hydrogen-bond acceptors (Lipinski definition) is 3. The van der Waals surface area contributed by atoms with Gasteiger partial charge in [0.25, 0.3) is 0 Å². The molecule has 0 aliphatic carbocycles. The van der Waals surface area contributed by atoms with Gasteiger partial charge in [-0.15, -0.1) is 0 Å². The van der Waals surface area contributed by atoms with Crippen molar-refractivity contribution in [2.75, 3.05) is 12.5 Å². The first-order valence-corrected chi connectivity index (χ1v) is 5.93. The molecule has 0 saturated heterocycles. The number of benzene rings is 1. The third kappa shape index (κ3) is 8.27. The Morgan fingerprint density at radius 2 is 1.58 bits per heavy atom. The molecular weight excluding hydrogens is 212 g/mol. The summed E-state index contributed by atoms with van der Waals surface area (Å²) >= 11 is 8.27. The molecule has 0 spiro atoms. The Bertz CT molecular complexity index is 180. The average molecular weight is 223 g/mol. The van der Waals surface area contributed by atoms with Crippen molar-refractivity contribution in [3.05, 3.63) is 35.4 Å². The summed E-state index contributed by atoms with van der Waals surface area (Å²) in [5.74, 6) is 0. The van der Waals surface area contributed by atoms with Crippen LogP contribution < -0.4 is 0 Å². The van der Waals surface area contributed by atoms with Crippen LogP contribution in [0.4, 0.5) is 0 Å². The van der Waals surface area contributed by atoms with Crippen molar-refractivity contribution in [2.45, 2.75) is 0 Å². The minimum atomic E-state index is 0.794. The minimum Gasteiger partial charge on any atom is -0.248 e. The first-order valence-electron chi connectivity index (χ1n) is 3.25. The lowest BCUT2D eigenvalue weighted by Crippen LogP contribution is -1.55. The Morgan fingerprint density at radius 1 is 1.08 bits per heavy atom. The maximum absolute atomic E-state index is 5.54. The molecule has 0 amide bonds. The summed E-state index contributed by atoms with van der Waals surface area (Å²) in [5.41, 5.74) is 0. The first-order chi connectivity index (χ1) is 5.81. The van der Waals surface area contributed by atoms with E-state index in [0.29, 0.717) is 0 Å². The summed E-state index contributed by atoms with van der Waals surface area (Å²) in [7, 11) is 0. The minimum absolute atomic E-state index is 0.794. The largest absolute Gasteiger partial charge is 0.248 e. The Kier molecular flexibility index (Phi) is 9.39. The molecule has 0 radical (unpaired) electrons. The zero-order valence-electron chi connectivity index (χ0n) is 6.99. The molecule has 1 nitrogen and oxygen atoms in total. The molecule has 0 atom stereocenters. The van der Waals surface area contributed by atoms with Gasteiger partial charge in [-0.05, 0) is 12.1 Å². The highest BCUT2D eigenvalue weighted by atomic mass is 35.5. The second-order valence-electron chi connectivity index (χ2n) is 1.70. The lowest BCUT2D eigenvalue weighted by molar-refractivity contribution is 0.769. The molecule has 0 heterocycles. The third-order valence-electron chi connectivity index (χ3n) is 0.869. The Balaban J connectivity index is 0.000000217. The van der Waals surface area contributed by atoms with Crippen molar-refractivity contribution in [3.63, 3.8) is 0 Å². The molecule has 4 heteroatoms. The second-order valence-corrected chi connectivity index (χ2v) is 3.34. The van der Waals surface area contributed by atoms with Gasteiger partial charge in [0.05, 0.1) is 0 Å². The standard InChI is InChI=1S/C6H5Cl.C2H6OS2/c7-6-4-2-1-3-5-6;1-4-3-5-2/h1-5H;1-2H3. The van der Waals surface area contributed by atoms with Gasteiger partial charge in [-0.2, -0.15) is 0 Å². The van der Waals surface area contributed by atoms with Crippen molar-refractivity contribution >= 4 is 35.7 Å². The van der Waals surface area contributed by atoms with Gasteiger partial charge in [-0.3, -0.25) is 0 Å². The maximum atomic E-state index is 5.54. The van der Waals surface area contributed by atoms with Crippen LogP contribution in [0.1, 0.15) is 0 Å². The summed E-state index contributed by atoms with van der Waals surface area (Å²) in [6.07, 6.45) is 3.77. The lowest BCUT2D eigenvalue weighted by Gasteiger charge is -1.82.